The Balaban J connectivity index is 1.93. The van der Waals surface area contributed by atoms with Crippen molar-refractivity contribution in [3.63, 3.8) is 0 Å². The van der Waals surface area contributed by atoms with Crippen molar-refractivity contribution in [2.75, 3.05) is 13.1 Å². The molecule has 23 heavy (non-hydrogen) atoms. The molecule has 122 valence electrons. The summed E-state index contributed by atoms with van der Waals surface area (Å²) in [7, 11) is 0. The number of amides is 1. The number of carboxylic acids is 1. The minimum absolute atomic E-state index is 0.177. The first-order chi connectivity index (χ1) is 11.0. The van der Waals surface area contributed by atoms with Crippen LogP contribution in [0, 0.1) is 5.92 Å². The van der Waals surface area contributed by atoms with Gasteiger partial charge in [-0.15, -0.1) is 10.2 Å². The summed E-state index contributed by atoms with van der Waals surface area (Å²) in [5.74, 6) is -0.510. The topological polar surface area (TPSA) is 87.8 Å². The van der Waals surface area contributed by atoms with Crippen LogP contribution in [0.3, 0.4) is 0 Å². The summed E-state index contributed by atoms with van der Waals surface area (Å²) in [6.07, 6.45) is 3.17. The highest BCUT2D eigenvalue weighted by atomic mass is 16.4. The molecule has 0 saturated carbocycles. The highest BCUT2D eigenvalue weighted by Gasteiger charge is 2.30. The summed E-state index contributed by atoms with van der Waals surface area (Å²) in [6.45, 7) is 4.87. The largest absolute Gasteiger partial charge is 0.481 e. The molecule has 1 amide bonds. The minimum Gasteiger partial charge on any atom is -0.481 e. The quantitative estimate of drug-likeness (QED) is 0.932. The van der Waals surface area contributed by atoms with Crippen LogP contribution in [0.5, 0.6) is 0 Å². The number of aliphatic carboxylic acids is 1. The molecule has 0 radical (unpaired) electrons. The highest BCUT2D eigenvalue weighted by molar-refractivity contribution is 6.00. The molecule has 2 aromatic heterocycles. The molecule has 7 nitrogen and oxygen atoms in total. The lowest BCUT2D eigenvalue weighted by Crippen LogP contribution is -2.42. The summed E-state index contributed by atoms with van der Waals surface area (Å²) in [6, 6.07) is 3.52. The van der Waals surface area contributed by atoms with Crippen LogP contribution in [-0.4, -0.2) is 49.6 Å². The number of carboxylic acid groups (broad SMARTS) is 1. The van der Waals surface area contributed by atoms with Crippen LogP contribution in [0.4, 0.5) is 0 Å². The smallest absolute Gasteiger partial charge is 0.308 e. The van der Waals surface area contributed by atoms with Crippen molar-refractivity contribution in [2.45, 2.75) is 32.6 Å². The number of rotatable bonds is 3. The molecule has 2 aromatic rings. The van der Waals surface area contributed by atoms with Crippen molar-refractivity contribution in [1.82, 2.24) is 19.5 Å². The zero-order valence-corrected chi connectivity index (χ0v) is 13.3. The van der Waals surface area contributed by atoms with Crippen LogP contribution in [0.15, 0.2) is 18.3 Å². The molecule has 1 unspecified atom stereocenters. The van der Waals surface area contributed by atoms with E-state index in [-0.39, 0.29) is 18.4 Å². The molecule has 0 spiro atoms. The van der Waals surface area contributed by atoms with Crippen LogP contribution < -0.4 is 0 Å². The first-order valence-electron chi connectivity index (χ1n) is 7.84. The lowest BCUT2D eigenvalue weighted by molar-refractivity contribution is -0.143. The fraction of sp³-hybridized carbons (Fsp3) is 0.500. The third-order valence-electron chi connectivity index (χ3n) is 4.27. The number of likely N-dealkylation sites (tertiary alicyclic amines) is 1. The first-order valence-corrected chi connectivity index (χ1v) is 7.84. The number of carbonyl (C=O) groups is 2. The van der Waals surface area contributed by atoms with Gasteiger partial charge in [-0.1, -0.05) is 13.8 Å². The van der Waals surface area contributed by atoms with Crippen LogP contribution in [-0.2, 0) is 4.79 Å². The molecule has 0 aliphatic carbocycles. The van der Waals surface area contributed by atoms with E-state index in [9.17, 15) is 14.7 Å². The second-order valence-electron chi connectivity index (χ2n) is 6.26. The molecule has 1 aliphatic rings. The number of carbonyl (C=O) groups excluding carboxylic acids is 1. The first kappa shape index (κ1) is 15.5. The van der Waals surface area contributed by atoms with Gasteiger partial charge in [-0.25, -0.2) is 0 Å². The van der Waals surface area contributed by atoms with E-state index < -0.39 is 11.9 Å². The van der Waals surface area contributed by atoms with Gasteiger partial charge in [-0.05, 0) is 25.0 Å². The fourth-order valence-corrected chi connectivity index (χ4v) is 3.03. The average molecular weight is 316 g/mol. The molecule has 1 fully saturated rings. The summed E-state index contributed by atoms with van der Waals surface area (Å²) in [5, 5.41) is 17.5. The van der Waals surface area contributed by atoms with E-state index in [0.717, 1.165) is 5.82 Å². The molecule has 3 heterocycles. The molecular formula is C16H20N4O3. The third kappa shape index (κ3) is 2.78. The third-order valence-corrected chi connectivity index (χ3v) is 4.27. The number of fused-ring (bicyclic) bond motifs is 1. The number of piperidine rings is 1. The molecule has 0 aromatic carbocycles. The number of nitrogens with zero attached hydrogens (tertiary/aromatic N) is 4. The highest BCUT2D eigenvalue weighted by Crippen LogP contribution is 2.21. The average Bonchev–Trinajstić information content (AvgIpc) is 2.98. The zero-order chi connectivity index (χ0) is 16.6. The Morgan fingerprint density at radius 3 is 2.83 bits per heavy atom. The molecule has 1 saturated heterocycles. The predicted octanol–water partition coefficient (Wildman–Crippen LogP) is 1.79. The van der Waals surface area contributed by atoms with Crippen molar-refractivity contribution in [3.05, 3.63) is 29.7 Å². The summed E-state index contributed by atoms with van der Waals surface area (Å²) in [4.78, 5) is 25.6. The van der Waals surface area contributed by atoms with Gasteiger partial charge in [0.1, 0.15) is 5.82 Å². The van der Waals surface area contributed by atoms with Crippen molar-refractivity contribution in [3.8, 4) is 0 Å². The van der Waals surface area contributed by atoms with Crippen LogP contribution >= 0.6 is 0 Å². The summed E-state index contributed by atoms with van der Waals surface area (Å²) >= 11 is 0. The van der Waals surface area contributed by atoms with Gasteiger partial charge in [-0.2, -0.15) is 0 Å². The van der Waals surface area contributed by atoms with Gasteiger partial charge in [0.25, 0.3) is 5.91 Å². The summed E-state index contributed by atoms with van der Waals surface area (Å²) < 4.78 is 1.83. The molecular weight excluding hydrogens is 296 g/mol. The van der Waals surface area contributed by atoms with Crippen molar-refractivity contribution in [1.29, 1.82) is 0 Å². The fourth-order valence-electron chi connectivity index (χ4n) is 3.03. The second-order valence-corrected chi connectivity index (χ2v) is 6.26. The van der Waals surface area contributed by atoms with Gasteiger partial charge in [0.05, 0.1) is 11.5 Å². The van der Waals surface area contributed by atoms with E-state index in [1.807, 2.05) is 24.4 Å². The molecule has 1 atom stereocenters. The Hall–Kier alpha value is -2.44. The Bertz CT molecular complexity index is 753. The monoisotopic (exact) mass is 316 g/mol. The molecule has 1 aliphatic heterocycles. The van der Waals surface area contributed by atoms with E-state index in [1.54, 1.807) is 17.0 Å². The zero-order valence-electron chi connectivity index (χ0n) is 13.3. The number of hydrogen-bond donors (Lipinski definition) is 1. The van der Waals surface area contributed by atoms with E-state index in [0.29, 0.717) is 30.6 Å². The van der Waals surface area contributed by atoms with Gasteiger partial charge in [0.15, 0.2) is 5.65 Å². The van der Waals surface area contributed by atoms with E-state index in [4.69, 9.17) is 0 Å². The predicted molar refractivity (Wildman–Crippen MR) is 83.3 cm³/mol. The Morgan fingerprint density at radius 1 is 1.35 bits per heavy atom. The van der Waals surface area contributed by atoms with E-state index in [2.05, 4.69) is 10.2 Å². The Labute approximate surface area is 133 Å². The lowest BCUT2D eigenvalue weighted by atomic mass is 9.98. The van der Waals surface area contributed by atoms with E-state index in [1.165, 1.54) is 0 Å². The lowest BCUT2D eigenvalue weighted by Gasteiger charge is -2.30. The van der Waals surface area contributed by atoms with Gasteiger partial charge in [0.2, 0.25) is 0 Å². The molecule has 1 N–H and O–H groups in total. The summed E-state index contributed by atoms with van der Waals surface area (Å²) in [5.41, 5.74) is 0.997. The molecule has 0 bridgehead atoms. The number of aromatic nitrogens is 3. The van der Waals surface area contributed by atoms with Gasteiger partial charge in [-0.3, -0.25) is 14.0 Å². The molecule has 7 heteroatoms. The Morgan fingerprint density at radius 2 is 2.13 bits per heavy atom. The Kier molecular flexibility index (Phi) is 4.02. The number of hydrogen-bond acceptors (Lipinski definition) is 4. The van der Waals surface area contributed by atoms with E-state index >= 15 is 0 Å². The second kappa shape index (κ2) is 5.98. The van der Waals surface area contributed by atoms with Crippen LogP contribution in [0.1, 0.15) is 48.8 Å². The normalized spacial score (nSPS) is 18.6. The van der Waals surface area contributed by atoms with Gasteiger partial charge < -0.3 is 10.0 Å². The van der Waals surface area contributed by atoms with Crippen molar-refractivity contribution < 1.29 is 14.7 Å². The van der Waals surface area contributed by atoms with Crippen molar-refractivity contribution in [2.24, 2.45) is 5.92 Å². The standard InChI is InChI=1S/C16H20N4O3/c1-10(2)13-17-18-14-12(6-4-8-20(13)14)15(21)19-7-3-5-11(9-19)16(22)23/h4,6,8,10-11H,3,5,7,9H2,1-2H3,(H,22,23). The van der Waals surface area contributed by atoms with Crippen LogP contribution in [0.2, 0.25) is 0 Å². The maximum Gasteiger partial charge on any atom is 0.308 e. The maximum atomic E-state index is 12.8. The van der Waals surface area contributed by atoms with Crippen molar-refractivity contribution >= 4 is 17.5 Å². The number of pyridine rings is 1. The van der Waals surface area contributed by atoms with Crippen LogP contribution in [0.25, 0.3) is 5.65 Å². The van der Waals surface area contributed by atoms with Gasteiger partial charge >= 0.3 is 5.97 Å². The molecule has 3 rings (SSSR count). The van der Waals surface area contributed by atoms with Gasteiger partial charge in [0, 0.05) is 25.2 Å². The maximum absolute atomic E-state index is 12.8. The minimum atomic E-state index is -0.842. The SMILES string of the molecule is CC(C)c1nnc2c(C(=O)N3CCCC(C(=O)O)C3)cccn12.